The van der Waals surface area contributed by atoms with Gasteiger partial charge >= 0.3 is 0 Å². The molecule has 0 aliphatic heterocycles. The summed E-state index contributed by atoms with van der Waals surface area (Å²) in [6.45, 7) is 0. The molecule has 0 heterocycles. The number of hydrogen-bond donors (Lipinski definition) is 1. The van der Waals surface area contributed by atoms with E-state index in [1.165, 1.54) is 0 Å². The van der Waals surface area contributed by atoms with E-state index in [1.54, 1.807) is 12.1 Å². The van der Waals surface area contributed by atoms with Gasteiger partial charge in [-0.1, -0.05) is 36.4 Å². The van der Waals surface area contributed by atoms with Gasteiger partial charge in [-0.05, 0) is 33.7 Å². The van der Waals surface area contributed by atoms with Gasteiger partial charge in [0.15, 0.2) is 6.29 Å². The molecule has 0 bridgehead atoms. The molecule has 0 aliphatic carbocycles. The van der Waals surface area contributed by atoms with Crippen molar-refractivity contribution in [2.45, 2.75) is 0 Å². The average molecular weight is 222 g/mol. The first-order chi connectivity index (χ1) is 8.29. The van der Waals surface area contributed by atoms with E-state index in [9.17, 15) is 9.90 Å². The van der Waals surface area contributed by atoms with Crippen molar-refractivity contribution >= 4 is 27.8 Å². The minimum atomic E-state index is 0.0313. The van der Waals surface area contributed by atoms with Crippen LogP contribution in [0.5, 0.6) is 5.75 Å². The highest BCUT2D eigenvalue weighted by atomic mass is 16.3. The van der Waals surface area contributed by atoms with Crippen LogP contribution in [0.3, 0.4) is 0 Å². The third-order valence-electron chi connectivity index (χ3n) is 3.02. The number of fused-ring (bicyclic) bond motifs is 3. The van der Waals surface area contributed by atoms with Gasteiger partial charge in [-0.15, -0.1) is 0 Å². The lowest BCUT2D eigenvalue weighted by molar-refractivity contribution is 0.112. The molecule has 0 fully saturated rings. The molecule has 0 radical (unpaired) electrons. The molecule has 0 aliphatic rings. The normalized spacial score (nSPS) is 10.8. The molecule has 0 saturated heterocycles. The van der Waals surface area contributed by atoms with Gasteiger partial charge in [0, 0.05) is 0 Å². The fourth-order valence-corrected chi connectivity index (χ4v) is 2.16. The summed E-state index contributed by atoms with van der Waals surface area (Å²) in [5.41, 5.74) is 0.327. The maximum atomic E-state index is 10.8. The van der Waals surface area contributed by atoms with Crippen LogP contribution in [0, 0.1) is 0 Å². The van der Waals surface area contributed by atoms with Crippen molar-refractivity contribution in [2.24, 2.45) is 0 Å². The Hall–Kier alpha value is -2.35. The quantitative estimate of drug-likeness (QED) is 0.505. The monoisotopic (exact) mass is 222 g/mol. The first kappa shape index (κ1) is 9.85. The third kappa shape index (κ3) is 1.46. The summed E-state index contributed by atoms with van der Waals surface area (Å²) in [5.74, 6) is 0.0313. The number of benzene rings is 3. The summed E-state index contributed by atoms with van der Waals surface area (Å²) in [6.07, 6.45) is 0.671. The topological polar surface area (TPSA) is 37.3 Å². The summed E-state index contributed by atoms with van der Waals surface area (Å²) in [4.78, 5) is 10.8. The Morgan fingerprint density at radius 1 is 0.882 bits per heavy atom. The van der Waals surface area contributed by atoms with Gasteiger partial charge < -0.3 is 5.11 Å². The Balaban J connectivity index is 2.50. The molecule has 0 unspecified atom stereocenters. The van der Waals surface area contributed by atoms with E-state index in [1.807, 2.05) is 36.4 Å². The zero-order chi connectivity index (χ0) is 11.8. The van der Waals surface area contributed by atoms with Gasteiger partial charge in [0.25, 0.3) is 0 Å². The van der Waals surface area contributed by atoms with Crippen LogP contribution in [0.2, 0.25) is 0 Å². The van der Waals surface area contributed by atoms with Crippen LogP contribution in [0.4, 0.5) is 0 Å². The second-order valence-corrected chi connectivity index (χ2v) is 4.04. The predicted molar refractivity (Wildman–Crippen MR) is 68.5 cm³/mol. The number of carbonyl (C=O) groups excluding carboxylic acids is 1. The lowest BCUT2D eigenvalue weighted by Crippen LogP contribution is -1.84. The van der Waals surface area contributed by atoms with E-state index >= 15 is 0 Å². The molecule has 0 aromatic heterocycles. The second-order valence-electron chi connectivity index (χ2n) is 4.04. The molecule has 0 saturated carbocycles. The molecular weight excluding hydrogens is 212 g/mol. The van der Waals surface area contributed by atoms with Gasteiger partial charge in [0.05, 0.1) is 5.56 Å². The molecule has 3 aromatic rings. The van der Waals surface area contributed by atoms with Gasteiger partial charge in [-0.3, -0.25) is 4.79 Å². The fraction of sp³-hybridized carbons (Fsp3) is 0. The van der Waals surface area contributed by atoms with E-state index in [0.717, 1.165) is 21.5 Å². The summed E-state index contributed by atoms with van der Waals surface area (Å²) >= 11 is 0. The van der Waals surface area contributed by atoms with Gasteiger partial charge in [0.1, 0.15) is 5.75 Å². The first-order valence-corrected chi connectivity index (χ1v) is 5.39. The third-order valence-corrected chi connectivity index (χ3v) is 3.02. The zero-order valence-electron chi connectivity index (χ0n) is 9.05. The number of aromatic hydroxyl groups is 1. The highest BCUT2D eigenvalue weighted by molar-refractivity contribution is 6.09. The summed E-state index contributed by atoms with van der Waals surface area (Å²) in [6, 6.07) is 15.3. The van der Waals surface area contributed by atoms with Crippen LogP contribution >= 0.6 is 0 Å². The van der Waals surface area contributed by atoms with Crippen molar-refractivity contribution in [3.63, 3.8) is 0 Å². The highest BCUT2D eigenvalue weighted by Crippen LogP contribution is 2.30. The van der Waals surface area contributed by atoms with E-state index in [0.29, 0.717) is 11.8 Å². The van der Waals surface area contributed by atoms with E-state index in [-0.39, 0.29) is 5.75 Å². The Bertz CT molecular complexity index is 729. The smallest absolute Gasteiger partial charge is 0.153 e. The SMILES string of the molecule is O=Cc1cc2ccc3ccccc3c2cc1O. The predicted octanol–water partition coefficient (Wildman–Crippen LogP) is 3.51. The number of phenols is 1. The largest absolute Gasteiger partial charge is 0.507 e. The van der Waals surface area contributed by atoms with Crippen LogP contribution in [-0.2, 0) is 0 Å². The number of hydrogen-bond acceptors (Lipinski definition) is 2. The van der Waals surface area contributed by atoms with Crippen LogP contribution in [-0.4, -0.2) is 11.4 Å². The zero-order valence-corrected chi connectivity index (χ0v) is 9.05. The average Bonchev–Trinajstić information content (AvgIpc) is 2.38. The highest BCUT2D eigenvalue weighted by Gasteiger charge is 2.05. The lowest BCUT2D eigenvalue weighted by atomic mass is 10.00. The fourth-order valence-electron chi connectivity index (χ4n) is 2.16. The summed E-state index contributed by atoms with van der Waals surface area (Å²) in [7, 11) is 0. The number of rotatable bonds is 1. The molecule has 3 rings (SSSR count). The van der Waals surface area contributed by atoms with E-state index in [2.05, 4.69) is 0 Å². The molecule has 17 heavy (non-hydrogen) atoms. The number of phenolic OH excluding ortho intramolecular Hbond substituents is 1. The standard InChI is InChI=1S/C15H10O2/c16-9-12-7-11-6-5-10-3-1-2-4-13(10)14(11)8-15(12)17/h1-9,17H. The molecule has 0 atom stereocenters. The Labute approximate surface area is 98.1 Å². The molecule has 2 heteroatoms. The Morgan fingerprint density at radius 3 is 2.47 bits per heavy atom. The maximum absolute atomic E-state index is 10.8. The number of aldehydes is 1. The minimum absolute atomic E-state index is 0.0313. The Kier molecular flexibility index (Phi) is 2.08. The van der Waals surface area contributed by atoms with Crippen molar-refractivity contribution in [1.29, 1.82) is 0 Å². The van der Waals surface area contributed by atoms with Crippen molar-refractivity contribution < 1.29 is 9.90 Å². The molecule has 0 amide bonds. The molecule has 82 valence electrons. The summed E-state index contributed by atoms with van der Waals surface area (Å²) < 4.78 is 0. The van der Waals surface area contributed by atoms with Crippen LogP contribution in [0.25, 0.3) is 21.5 Å². The molecule has 1 N–H and O–H groups in total. The van der Waals surface area contributed by atoms with Gasteiger partial charge in [-0.2, -0.15) is 0 Å². The van der Waals surface area contributed by atoms with Gasteiger partial charge in [-0.25, -0.2) is 0 Å². The molecule has 2 nitrogen and oxygen atoms in total. The second kappa shape index (κ2) is 3.59. The van der Waals surface area contributed by atoms with Crippen molar-refractivity contribution in [3.05, 3.63) is 54.1 Å². The van der Waals surface area contributed by atoms with Gasteiger partial charge in [0.2, 0.25) is 0 Å². The lowest BCUT2D eigenvalue weighted by Gasteiger charge is -2.05. The molecular formula is C15H10O2. The Morgan fingerprint density at radius 2 is 1.65 bits per heavy atom. The molecule has 0 spiro atoms. The van der Waals surface area contributed by atoms with Crippen molar-refractivity contribution in [1.82, 2.24) is 0 Å². The summed E-state index contributed by atoms with van der Waals surface area (Å²) in [5, 5.41) is 13.9. The first-order valence-electron chi connectivity index (χ1n) is 5.39. The van der Waals surface area contributed by atoms with Crippen LogP contribution in [0.15, 0.2) is 48.5 Å². The van der Waals surface area contributed by atoms with Crippen LogP contribution < -0.4 is 0 Å². The van der Waals surface area contributed by atoms with E-state index < -0.39 is 0 Å². The maximum Gasteiger partial charge on any atom is 0.153 e. The van der Waals surface area contributed by atoms with Crippen molar-refractivity contribution in [2.75, 3.05) is 0 Å². The number of carbonyl (C=O) groups is 1. The van der Waals surface area contributed by atoms with Crippen molar-refractivity contribution in [3.8, 4) is 5.75 Å². The van der Waals surface area contributed by atoms with E-state index in [4.69, 9.17) is 0 Å². The molecule has 3 aromatic carbocycles. The van der Waals surface area contributed by atoms with Crippen LogP contribution in [0.1, 0.15) is 10.4 Å². The minimum Gasteiger partial charge on any atom is -0.507 e.